The van der Waals surface area contributed by atoms with Crippen molar-refractivity contribution in [2.24, 2.45) is 0 Å². The number of carbonyl (C=O) groups excluding carboxylic acids is 3. The summed E-state index contributed by atoms with van der Waals surface area (Å²) in [5.41, 5.74) is 6.17. The molecule has 0 saturated heterocycles. The normalized spacial score (nSPS) is 12.4. The first kappa shape index (κ1) is 19.1. The van der Waals surface area contributed by atoms with Crippen molar-refractivity contribution in [3.63, 3.8) is 0 Å². The van der Waals surface area contributed by atoms with Gasteiger partial charge in [-0.25, -0.2) is 4.39 Å². The fourth-order valence-electron chi connectivity index (χ4n) is 3.27. The molecule has 1 aromatic heterocycles. The Morgan fingerprint density at radius 3 is 2.47 bits per heavy atom. The van der Waals surface area contributed by atoms with E-state index in [1.54, 1.807) is 24.3 Å². The van der Waals surface area contributed by atoms with Crippen LogP contribution < -0.4 is 21.9 Å². The predicted octanol–water partition coefficient (Wildman–Crippen LogP) is 1.37. The van der Waals surface area contributed by atoms with Crippen molar-refractivity contribution in [3.8, 4) is 5.69 Å². The van der Waals surface area contributed by atoms with Crippen LogP contribution in [0.3, 0.4) is 0 Å². The first-order valence-corrected chi connectivity index (χ1v) is 8.90. The predicted molar refractivity (Wildman–Crippen MR) is 106 cm³/mol. The Labute approximate surface area is 169 Å². The van der Waals surface area contributed by atoms with Gasteiger partial charge in [-0.05, 0) is 29.8 Å². The van der Waals surface area contributed by atoms with Gasteiger partial charge in [-0.3, -0.25) is 29.1 Å². The molecular formula is C21H15FN4O4. The molecule has 9 heteroatoms. The van der Waals surface area contributed by atoms with Crippen LogP contribution in [0.15, 0.2) is 59.4 Å². The molecule has 0 fully saturated rings. The summed E-state index contributed by atoms with van der Waals surface area (Å²) in [6, 6.07) is 12.9. The van der Waals surface area contributed by atoms with E-state index in [4.69, 9.17) is 5.73 Å². The number of carbonyl (C=O) groups is 3. The number of fused-ring (bicyclic) bond motifs is 1. The highest BCUT2D eigenvalue weighted by molar-refractivity contribution is 6.23. The Balaban J connectivity index is 1.72. The largest absolute Gasteiger partial charge is 0.384 e. The number of rotatable bonds is 4. The SMILES string of the molecule is Nc1c2c(cc(=O)n1-c1ccccc1C(=O)NCc1ccc(F)cc1)C(=O)NC2=O. The van der Waals surface area contributed by atoms with E-state index < -0.39 is 23.3 Å². The van der Waals surface area contributed by atoms with Gasteiger partial charge < -0.3 is 11.1 Å². The van der Waals surface area contributed by atoms with Crippen molar-refractivity contribution in [1.82, 2.24) is 15.2 Å². The second kappa shape index (κ2) is 7.28. The van der Waals surface area contributed by atoms with Crippen molar-refractivity contribution in [2.45, 2.75) is 6.54 Å². The van der Waals surface area contributed by atoms with Crippen LogP contribution >= 0.6 is 0 Å². The third-order valence-electron chi connectivity index (χ3n) is 4.71. The number of nitrogens with two attached hydrogens (primary N) is 1. The van der Waals surface area contributed by atoms with Gasteiger partial charge in [-0.1, -0.05) is 24.3 Å². The minimum atomic E-state index is -0.709. The number of nitrogens with zero attached hydrogens (tertiary/aromatic N) is 1. The van der Waals surface area contributed by atoms with Crippen LogP contribution in [0.5, 0.6) is 0 Å². The first-order valence-electron chi connectivity index (χ1n) is 8.90. The van der Waals surface area contributed by atoms with E-state index in [1.165, 1.54) is 24.3 Å². The number of halogens is 1. The Morgan fingerprint density at radius 1 is 1.03 bits per heavy atom. The molecule has 0 unspecified atom stereocenters. The molecule has 8 nitrogen and oxygen atoms in total. The number of pyridine rings is 1. The summed E-state index contributed by atoms with van der Waals surface area (Å²) in [7, 11) is 0. The lowest BCUT2D eigenvalue weighted by molar-refractivity contribution is 0.0878. The van der Waals surface area contributed by atoms with Crippen LogP contribution in [-0.2, 0) is 6.54 Å². The van der Waals surface area contributed by atoms with Gasteiger partial charge >= 0.3 is 0 Å². The number of nitrogen functional groups attached to an aromatic ring is 1. The Kier molecular flexibility index (Phi) is 4.63. The lowest BCUT2D eigenvalue weighted by Crippen LogP contribution is -2.28. The van der Waals surface area contributed by atoms with Crippen molar-refractivity contribution in [1.29, 1.82) is 0 Å². The second-order valence-electron chi connectivity index (χ2n) is 6.60. The summed E-state index contributed by atoms with van der Waals surface area (Å²) < 4.78 is 14.0. The summed E-state index contributed by atoms with van der Waals surface area (Å²) in [6.45, 7) is 0.138. The maximum atomic E-state index is 13.0. The zero-order valence-electron chi connectivity index (χ0n) is 15.4. The molecule has 2 heterocycles. The van der Waals surface area contributed by atoms with Gasteiger partial charge in [0.2, 0.25) is 0 Å². The van der Waals surface area contributed by atoms with E-state index in [1.807, 2.05) is 0 Å². The van der Waals surface area contributed by atoms with Gasteiger partial charge in [0.05, 0.1) is 22.4 Å². The molecule has 0 aliphatic carbocycles. The van der Waals surface area contributed by atoms with Crippen molar-refractivity contribution in [2.75, 3.05) is 5.73 Å². The van der Waals surface area contributed by atoms with Crippen LogP contribution in [0.1, 0.15) is 36.6 Å². The highest BCUT2D eigenvalue weighted by atomic mass is 19.1. The molecule has 150 valence electrons. The molecule has 0 atom stereocenters. The zero-order valence-corrected chi connectivity index (χ0v) is 15.4. The monoisotopic (exact) mass is 406 g/mol. The molecule has 30 heavy (non-hydrogen) atoms. The molecule has 1 aliphatic rings. The Hall–Kier alpha value is -4.27. The smallest absolute Gasteiger partial charge is 0.262 e. The molecule has 0 saturated carbocycles. The van der Waals surface area contributed by atoms with Crippen LogP contribution in [0.2, 0.25) is 0 Å². The number of aromatic nitrogens is 1. The molecule has 3 amide bonds. The van der Waals surface area contributed by atoms with E-state index >= 15 is 0 Å². The van der Waals surface area contributed by atoms with E-state index in [0.29, 0.717) is 5.56 Å². The number of hydrogen-bond donors (Lipinski definition) is 3. The third-order valence-corrected chi connectivity index (χ3v) is 4.71. The second-order valence-corrected chi connectivity index (χ2v) is 6.60. The molecule has 4 N–H and O–H groups in total. The quantitative estimate of drug-likeness (QED) is 0.565. The molecule has 4 rings (SSSR count). The summed E-state index contributed by atoms with van der Waals surface area (Å²) in [4.78, 5) is 49.3. The molecule has 2 aromatic carbocycles. The summed E-state index contributed by atoms with van der Waals surface area (Å²) in [6.07, 6.45) is 0. The highest BCUT2D eigenvalue weighted by Crippen LogP contribution is 2.24. The number of para-hydroxylation sites is 1. The van der Waals surface area contributed by atoms with Crippen LogP contribution in [-0.4, -0.2) is 22.3 Å². The summed E-state index contributed by atoms with van der Waals surface area (Å²) in [5, 5.41) is 4.79. The van der Waals surface area contributed by atoms with Gasteiger partial charge in [-0.15, -0.1) is 0 Å². The maximum Gasteiger partial charge on any atom is 0.262 e. The Morgan fingerprint density at radius 2 is 1.73 bits per heavy atom. The van der Waals surface area contributed by atoms with Crippen LogP contribution in [0, 0.1) is 5.82 Å². The minimum Gasteiger partial charge on any atom is -0.384 e. The molecule has 0 radical (unpaired) electrons. The fraction of sp³-hybridized carbons (Fsp3) is 0.0476. The third kappa shape index (κ3) is 3.22. The molecule has 0 bridgehead atoms. The summed E-state index contributed by atoms with van der Waals surface area (Å²) >= 11 is 0. The van der Waals surface area contributed by atoms with Crippen molar-refractivity contribution < 1.29 is 18.8 Å². The number of imide groups is 1. The van der Waals surface area contributed by atoms with Gasteiger partial charge in [0.1, 0.15) is 11.6 Å². The number of nitrogens with one attached hydrogen (secondary N) is 2. The minimum absolute atomic E-state index is 0.100. The molecule has 1 aliphatic heterocycles. The molecule has 3 aromatic rings. The van der Waals surface area contributed by atoms with Crippen molar-refractivity contribution in [3.05, 3.63) is 93.0 Å². The molecule has 0 spiro atoms. The lowest BCUT2D eigenvalue weighted by atomic mass is 10.1. The number of benzene rings is 2. The topological polar surface area (TPSA) is 123 Å². The maximum absolute atomic E-state index is 13.0. The number of hydrogen-bond acceptors (Lipinski definition) is 5. The summed E-state index contributed by atoms with van der Waals surface area (Å²) in [5.74, 6) is -2.53. The number of anilines is 1. The van der Waals surface area contributed by atoms with Gasteiger partial charge in [0.15, 0.2) is 0 Å². The Bertz CT molecular complexity index is 1260. The van der Waals surface area contributed by atoms with Crippen LogP contribution in [0.25, 0.3) is 5.69 Å². The van der Waals surface area contributed by atoms with E-state index in [-0.39, 0.29) is 40.6 Å². The van der Waals surface area contributed by atoms with E-state index in [2.05, 4.69) is 10.6 Å². The van der Waals surface area contributed by atoms with E-state index in [0.717, 1.165) is 10.6 Å². The fourth-order valence-corrected chi connectivity index (χ4v) is 3.27. The average Bonchev–Trinajstić information content (AvgIpc) is 3.01. The van der Waals surface area contributed by atoms with Crippen molar-refractivity contribution >= 4 is 23.5 Å². The highest BCUT2D eigenvalue weighted by Gasteiger charge is 2.32. The average molecular weight is 406 g/mol. The number of amides is 3. The first-order chi connectivity index (χ1) is 14.4. The zero-order chi connectivity index (χ0) is 21.4. The molecular weight excluding hydrogens is 391 g/mol. The van der Waals surface area contributed by atoms with E-state index in [9.17, 15) is 23.6 Å². The van der Waals surface area contributed by atoms with Gasteiger partial charge in [-0.2, -0.15) is 0 Å². The lowest BCUT2D eigenvalue weighted by Gasteiger charge is -2.15. The van der Waals surface area contributed by atoms with Gasteiger partial charge in [0, 0.05) is 12.6 Å². The van der Waals surface area contributed by atoms with Gasteiger partial charge in [0.25, 0.3) is 23.3 Å². The standard InChI is InChI=1S/C21H15FN4O4/c22-12-7-5-11(6-8-12)10-24-19(28)13-3-1-2-4-15(13)26-16(27)9-14-17(18(26)23)21(30)25-20(14)29/h1-9H,10,23H2,(H,24,28)(H,25,29,30). The van der Waals surface area contributed by atoms with Crippen LogP contribution in [0.4, 0.5) is 10.2 Å².